The van der Waals surface area contributed by atoms with Gasteiger partial charge in [0.2, 0.25) is 0 Å². The summed E-state index contributed by atoms with van der Waals surface area (Å²) in [5.41, 5.74) is 1.20. The fourth-order valence-corrected chi connectivity index (χ4v) is 4.95. The van der Waals surface area contributed by atoms with E-state index in [4.69, 9.17) is 0 Å². The normalized spacial score (nSPS) is 42.0. The Kier molecular flexibility index (Phi) is 6.33. The topological polar surface area (TPSA) is 60.7 Å². The fraction of sp³-hybridized carbons (Fsp3) is 0.810. The van der Waals surface area contributed by atoms with Gasteiger partial charge < -0.3 is 15.3 Å². The molecule has 2 aliphatic carbocycles. The van der Waals surface area contributed by atoms with Crippen molar-refractivity contribution >= 4 is 0 Å². The molecule has 0 heterocycles. The van der Waals surface area contributed by atoms with Crippen LogP contribution in [0.25, 0.3) is 0 Å². The minimum absolute atomic E-state index is 0.00502. The zero-order chi connectivity index (χ0) is 18.0. The van der Waals surface area contributed by atoms with Crippen LogP contribution in [0.2, 0.25) is 0 Å². The van der Waals surface area contributed by atoms with Crippen molar-refractivity contribution in [3.8, 4) is 0 Å². The molecule has 2 rings (SSSR count). The van der Waals surface area contributed by atoms with E-state index in [1.165, 1.54) is 5.57 Å². The third-order valence-corrected chi connectivity index (χ3v) is 7.02. The third-order valence-electron chi connectivity index (χ3n) is 7.02. The molecule has 1 fully saturated rings. The summed E-state index contributed by atoms with van der Waals surface area (Å²) in [6, 6.07) is 0. The molecule has 0 bridgehead atoms. The molecule has 24 heavy (non-hydrogen) atoms. The maximum atomic E-state index is 10.1. The molecule has 1 saturated carbocycles. The largest absolute Gasteiger partial charge is 0.396 e. The molecular formula is C21H36O3. The molecule has 5 atom stereocenters. The van der Waals surface area contributed by atoms with Crippen LogP contribution in [0.5, 0.6) is 0 Å². The van der Waals surface area contributed by atoms with Crippen molar-refractivity contribution in [2.45, 2.75) is 65.4 Å². The molecule has 0 spiro atoms. The second kappa shape index (κ2) is 7.72. The summed E-state index contributed by atoms with van der Waals surface area (Å²) in [5.74, 6) is 0.644. The number of allylic oxidation sites excluding steroid dienone is 3. The van der Waals surface area contributed by atoms with Gasteiger partial charge in [-0.25, -0.2) is 0 Å². The molecule has 138 valence electrons. The number of hydrogen-bond acceptors (Lipinski definition) is 3. The summed E-state index contributed by atoms with van der Waals surface area (Å²) in [5, 5.41) is 30.0. The summed E-state index contributed by atoms with van der Waals surface area (Å²) >= 11 is 0. The lowest BCUT2D eigenvalue weighted by molar-refractivity contribution is -0.0665. The third kappa shape index (κ3) is 3.95. The molecule has 3 N–H and O–H groups in total. The van der Waals surface area contributed by atoms with Crippen LogP contribution >= 0.6 is 0 Å². The van der Waals surface area contributed by atoms with Crippen LogP contribution < -0.4 is 0 Å². The van der Waals surface area contributed by atoms with Gasteiger partial charge in [0, 0.05) is 18.6 Å². The van der Waals surface area contributed by atoms with Crippen LogP contribution in [0.3, 0.4) is 0 Å². The average Bonchev–Trinajstić information content (AvgIpc) is 2.59. The van der Waals surface area contributed by atoms with Crippen molar-refractivity contribution in [3.63, 3.8) is 0 Å². The Labute approximate surface area is 147 Å². The molecule has 0 saturated heterocycles. The quantitative estimate of drug-likeness (QED) is 0.689. The number of hydrogen-bond donors (Lipinski definition) is 3. The predicted octanol–water partition coefficient (Wildman–Crippen LogP) is 3.69. The molecule has 0 amide bonds. The molecule has 0 aromatic rings. The van der Waals surface area contributed by atoms with Crippen molar-refractivity contribution in [2.24, 2.45) is 28.6 Å². The molecule has 3 heteroatoms. The van der Waals surface area contributed by atoms with E-state index in [1.54, 1.807) is 0 Å². The minimum Gasteiger partial charge on any atom is -0.396 e. The first-order valence-corrected chi connectivity index (χ1v) is 9.50. The Morgan fingerprint density at radius 3 is 2.50 bits per heavy atom. The van der Waals surface area contributed by atoms with E-state index in [0.29, 0.717) is 12.3 Å². The number of aliphatic hydroxyl groups excluding tert-OH is 3. The van der Waals surface area contributed by atoms with E-state index in [-0.39, 0.29) is 42.0 Å². The summed E-state index contributed by atoms with van der Waals surface area (Å²) in [7, 11) is 0. The maximum absolute atomic E-state index is 10.1. The van der Waals surface area contributed by atoms with Crippen molar-refractivity contribution < 1.29 is 15.3 Å². The standard InChI is InChI=1S/C21H36O3/c1-15-7-8-19(16(13-22)6-5-10-20(15,2)3)21(4)11-9-18(24)12-17(21)14-23/h5,10,16-19,22-24H,1,6-9,11-14H2,2-4H3/b10-5-/t16-,17-,18+,19+,21+/m1/s1. The Morgan fingerprint density at radius 1 is 1.17 bits per heavy atom. The van der Waals surface area contributed by atoms with Crippen LogP contribution in [-0.2, 0) is 0 Å². The van der Waals surface area contributed by atoms with Crippen molar-refractivity contribution in [2.75, 3.05) is 13.2 Å². The van der Waals surface area contributed by atoms with Gasteiger partial charge in [0.05, 0.1) is 6.10 Å². The summed E-state index contributed by atoms with van der Waals surface area (Å²) in [4.78, 5) is 0. The molecule has 0 aromatic carbocycles. The smallest absolute Gasteiger partial charge is 0.0544 e. The van der Waals surface area contributed by atoms with Gasteiger partial charge in [0.25, 0.3) is 0 Å². The van der Waals surface area contributed by atoms with Crippen LogP contribution in [-0.4, -0.2) is 34.6 Å². The van der Waals surface area contributed by atoms with Gasteiger partial charge in [-0.1, -0.05) is 45.1 Å². The van der Waals surface area contributed by atoms with Gasteiger partial charge in [0.15, 0.2) is 0 Å². The van der Waals surface area contributed by atoms with Crippen LogP contribution in [0.4, 0.5) is 0 Å². The molecule has 0 unspecified atom stereocenters. The van der Waals surface area contributed by atoms with E-state index in [9.17, 15) is 15.3 Å². The Morgan fingerprint density at radius 2 is 1.88 bits per heavy atom. The minimum atomic E-state index is -0.298. The van der Waals surface area contributed by atoms with Crippen LogP contribution in [0, 0.1) is 28.6 Å². The Balaban J connectivity index is 2.31. The monoisotopic (exact) mass is 336 g/mol. The van der Waals surface area contributed by atoms with E-state index >= 15 is 0 Å². The van der Waals surface area contributed by atoms with E-state index in [1.807, 2.05) is 0 Å². The van der Waals surface area contributed by atoms with Crippen molar-refractivity contribution in [1.82, 2.24) is 0 Å². The summed E-state index contributed by atoms with van der Waals surface area (Å²) < 4.78 is 0. The van der Waals surface area contributed by atoms with Gasteiger partial charge in [-0.2, -0.15) is 0 Å². The van der Waals surface area contributed by atoms with Crippen LogP contribution in [0.1, 0.15) is 59.3 Å². The van der Waals surface area contributed by atoms with Gasteiger partial charge in [-0.05, 0) is 61.7 Å². The molecule has 0 radical (unpaired) electrons. The first-order valence-electron chi connectivity index (χ1n) is 9.50. The predicted molar refractivity (Wildman–Crippen MR) is 98.5 cm³/mol. The fourth-order valence-electron chi connectivity index (χ4n) is 4.95. The van der Waals surface area contributed by atoms with Crippen molar-refractivity contribution in [3.05, 3.63) is 24.3 Å². The van der Waals surface area contributed by atoms with Gasteiger partial charge in [-0.3, -0.25) is 0 Å². The lowest BCUT2D eigenvalue weighted by Crippen LogP contribution is -2.46. The lowest BCUT2D eigenvalue weighted by atomic mass is 9.56. The highest BCUT2D eigenvalue weighted by Gasteiger charge is 2.47. The highest BCUT2D eigenvalue weighted by molar-refractivity contribution is 5.18. The first kappa shape index (κ1) is 19.7. The number of aliphatic hydroxyl groups is 3. The zero-order valence-electron chi connectivity index (χ0n) is 15.7. The molecular weight excluding hydrogens is 300 g/mol. The average molecular weight is 337 g/mol. The van der Waals surface area contributed by atoms with Gasteiger partial charge >= 0.3 is 0 Å². The second-order valence-corrected chi connectivity index (χ2v) is 8.86. The molecule has 3 nitrogen and oxygen atoms in total. The molecule has 0 aromatic heterocycles. The Hall–Kier alpha value is -0.640. The SMILES string of the molecule is C=C1CC[C@H]([C@@]2(C)CC[C@H](O)C[C@@H]2CO)[C@@H](CO)C/C=C\C1(C)C. The summed E-state index contributed by atoms with van der Waals surface area (Å²) in [6.45, 7) is 11.3. The van der Waals surface area contributed by atoms with E-state index < -0.39 is 0 Å². The van der Waals surface area contributed by atoms with Gasteiger partial charge in [0.1, 0.15) is 0 Å². The second-order valence-electron chi connectivity index (χ2n) is 8.86. The number of rotatable bonds is 3. The molecule has 2 aliphatic rings. The van der Waals surface area contributed by atoms with Gasteiger partial charge in [-0.15, -0.1) is 0 Å². The van der Waals surface area contributed by atoms with E-state index in [2.05, 4.69) is 39.5 Å². The van der Waals surface area contributed by atoms with Crippen LogP contribution in [0.15, 0.2) is 24.3 Å². The zero-order valence-corrected chi connectivity index (χ0v) is 15.7. The Bertz CT molecular complexity index is 468. The highest BCUT2D eigenvalue weighted by Crippen LogP contribution is 2.52. The lowest BCUT2D eigenvalue weighted by Gasteiger charge is -2.50. The maximum Gasteiger partial charge on any atom is 0.0544 e. The highest BCUT2D eigenvalue weighted by atomic mass is 16.3. The molecule has 0 aliphatic heterocycles. The summed E-state index contributed by atoms with van der Waals surface area (Å²) in [6.07, 6.45) is 9.35. The van der Waals surface area contributed by atoms with Crippen molar-refractivity contribution in [1.29, 1.82) is 0 Å². The first-order chi connectivity index (χ1) is 11.2. The van der Waals surface area contributed by atoms with E-state index in [0.717, 1.165) is 32.1 Å².